The predicted molar refractivity (Wildman–Crippen MR) is 164 cm³/mol. The molecule has 9 rings (SSSR count). The van der Waals surface area contributed by atoms with Gasteiger partial charge in [0.15, 0.2) is 0 Å². The van der Waals surface area contributed by atoms with Crippen LogP contribution in [0.4, 0.5) is 0 Å². The second-order valence-electron chi connectivity index (χ2n) is 10.2. The first-order valence-corrected chi connectivity index (χ1v) is 13.4. The normalized spacial score (nSPS) is 12.0. The van der Waals surface area contributed by atoms with Crippen LogP contribution in [0.3, 0.4) is 0 Å². The fourth-order valence-electron chi connectivity index (χ4n) is 6.21. The number of benzene rings is 6. The van der Waals surface area contributed by atoms with Gasteiger partial charge in [-0.2, -0.15) is 0 Å². The maximum absolute atomic E-state index is 6.29. The molecule has 4 heteroatoms. The van der Waals surface area contributed by atoms with Gasteiger partial charge in [-0.1, -0.05) is 91.0 Å². The van der Waals surface area contributed by atoms with Gasteiger partial charge in [0.05, 0.1) is 22.2 Å². The average Bonchev–Trinajstić information content (AvgIpc) is 3.55. The van der Waals surface area contributed by atoms with Gasteiger partial charge < -0.3 is 4.42 Å². The first-order chi connectivity index (χ1) is 19.8. The Labute approximate surface area is 228 Å². The number of hydrogen-bond acceptors (Lipinski definition) is 3. The van der Waals surface area contributed by atoms with Gasteiger partial charge >= 0.3 is 0 Å². The third kappa shape index (κ3) is 2.96. The minimum atomic E-state index is 0.660. The highest BCUT2D eigenvalue weighted by Gasteiger charge is 2.19. The lowest BCUT2D eigenvalue weighted by atomic mass is 10.0. The van der Waals surface area contributed by atoms with Crippen molar-refractivity contribution in [3.8, 4) is 17.2 Å². The van der Waals surface area contributed by atoms with E-state index >= 15 is 0 Å². The van der Waals surface area contributed by atoms with E-state index in [1.54, 1.807) is 0 Å². The summed E-state index contributed by atoms with van der Waals surface area (Å²) in [6, 6.07) is 44.2. The highest BCUT2D eigenvalue weighted by molar-refractivity contribution is 6.24. The molecule has 0 bridgehead atoms. The predicted octanol–water partition coefficient (Wildman–Crippen LogP) is 9.45. The standard InChI is InChI=1S/C36H21N3O/c1-2-10-22(11-3-1)35-25-13-4-7-15-29(25)37-36(38-35)39-30-16-8-5-14-26(30)34-27-21-33-28(20-23(27)18-19-31(34)39)24-12-6-9-17-32(24)40-33/h1-21H. The lowest BCUT2D eigenvalue weighted by Crippen LogP contribution is -2.03. The zero-order chi connectivity index (χ0) is 26.2. The van der Waals surface area contributed by atoms with Gasteiger partial charge in [0.1, 0.15) is 11.2 Å². The van der Waals surface area contributed by atoms with Gasteiger partial charge in [-0.3, -0.25) is 4.57 Å². The third-order valence-electron chi connectivity index (χ3n) is 7.99. The number of hydrogen-bond donors (Lipinski definition) is 0. The molecule has 0 saturated heterocycles. The summed E-state index contributed by atoms with van der Waals surface area (Å²) < 4.78 is 8.49. The molecule has 0 unspecified atom stereocenters. The highest BCUT2D eigenvalue weighted by atomic mass is 16.3. The van der Waals surface area contributed by atoms with E-state index < -0.39 is 0 Å². The van der Waals surface area contributed by atoms with E-state index in [4.69, 9.17) is 14.4 Å². The molecule has 4 nitrogen and oxygen atoms in total. The molecule has 186 valence electrons. The minimum Gasteiger partial charge on any atom is -0.456 e. The van der Waals surface area contributed by atoms with Crippen LogP contribution < -0.4 is 0 Å². The van der Waals surface area contributed by atoms with Crippen molar-refractivity contribution >= 4 is 65.4 Å². The molecule has 0 aliphatic carbocycles. The Balaban J connectivity index is 1.41. The molecule has 0 radical (unpaired) electrons. The van der Waals surface area contributed by atoms with Crippen LogP contribution in [-0.4, -0.2) is 14.5 Å². The third-order valence-corrected chi connectivity index (χ3v) is 7.99. The molecule has 0 atom stereocenters. The molecule has 0 aliphatic heterocycles. The first-order valence-electron chi connectivity index (χ1n) is 13.4. The Kier molecular flexibility index (Phi) is 4.30. The summed E-state index contributed by atoms with van der Waals surface area (Å²) in [7, 11) is 0. The van der Waals surface area contributed by atoms with Crippen molar-refractivity contribution in [2.24, 2.45) is 0 Å². The molecule has 6 aromatic carbocycles. The lowest BCUT2D eigenvalue weighted by Gasteiger charge is -2.11. The van der Waals surface area contributed by atoms with Gasteiger partial charge in [-0.25, -0.2) is 9.97 Å². The van der Waals surface area contributed by atoms with Crippen LogP contribution in [0.2, 0.25) is 0 Å². The van der Waals surface area contributed by atoms with Crippen molar-refractivity contribution in [3.63, 3.8) is 0 Å². The van der Waals surface area contributed by atoms with Crippen LogP contribution in [0.1, 0.15) is 0 Å². The van der Waals surface area contributed by atoms with Crippen LogP contribution in [0.25, 0.3) is 82.6 Å². The summed E-state index contributed by atoms with van der Waals surface area (Å²) in [4.78, 5) is 10.3. The average molecular weight is 512 g/mol. The zero-order valence-electron chi connectivity index (χ0n) is 21.4. The van der Waals surface area contributed by atoms with E-state index in [2.05, 4.69) is 102 Å². The van der Waals surface area contributed by atoms with Crippen molar-refractivity contribution < 1.29 is 4.42 Å². The lowest BCUT2D eigenvalue weighted by molar-refractivity contribution is 0.669. The van der Waals surface area contributed by atoms with Gasteiger partial charge in [-0.15, -0.1) is 0 Å². The molecular weight excluding hydrogens is 490 g/mol. The van der Waals surface area contributed by atoms with E-state index in [0.717, 1.165) is 65.9 Å². The van der Waals surface area contributed by atoms with E-state index in [-0.39, 0.29) is 0 Å². The van der Waals surface area contributed by atoms with Crippen LogP contribution in [0.5, 0.6) is 0 Å². The summed E-state index contributed by atoms with van der Waals surface area (Å²) in [5.74, 6) is 0.660. The molecule has 40 heavy (non-hydrogen) atoms. The fraction of sp³-hybridized carbons (Fsp3) is 0. The molecule has 0 saturated carbocycles. The quantitative estimate of drug-likeness (QED) is 0.232. The summed E-state index contributed by atoms with van der Waals surface area (Å²) in [5, 5.41) is 7.99. The minimum absolute atomic E-state index is 0.660. The number of para-hydroxylation sites is 3. The number of rotatable bonds is 2. The van der Waals surface area contributed by atoms with Crippen molar-refractivity contribution in [3.05, 3.63) is 127 Å². The number of fused-ring (bicyclic) bond motifs is 9. The molecule has 0 N–H and O–H groups in total. The summed E-state index contributed by atoms with van der Waals surface area (Å²) in [6.07, 6.45) is 0. The molecule has 0 fully saturated rings. The van der Waals surface area contributed by atoms with Gasteiger partial charge in [0.25, 0.3) is 0 Å². The summed E-state index contributed by atoms with van der Waals surface area (Å²) in [6.45, 7) is 0. The highest BCUT2D eigenvalue weighted by Crippen LogP contribution is 2.40. The Hall–Kier alpha value is -5.48. The molecule has 3 aromatic heterocycles. The topological polar surface area (TPSA) is 43.9 Å². The Bertz CT molecular complexity index is 2430. The van der Waals surface area contributed by atoms with Crippen LogP contribution in [0.15, 0.2) is 132 Å². The largest absolute Gasteiger partial charge is 0.456 e. The summed E-state index contributed by atoms with van der Waals surface area (Å²) in [5.41, 5.74) is 6.86. The summed E-state index contributed by atoms with van der Waals surface area (Å²) >= 11 is 0. The molecule has 0 aliphatic rings. The van der Waals surface area contributed by atoms with E-state index in [9.17, 15) is 0 Å². The zero-order valence-corrected chi connectivity index (χ0v) is 21.4. The van der Waals surface area contributed by atoms with E-state index in [0.29, 0.717) is 5.95 Å². The second-order valence-corrected chi connectivity index (χ2v) is 10.2. The van der Waals surface area contributed by atoms with Crippen LogP contribution in [0, 0.1) is 0 Å². The molecule has 9 aromatic rings. The van der Waals surface area contributed by atoms with Crippen LogP contribution in [-0.2, 0) is 0 Å². The maximum atomic E-state index is 6.29. The number of furan rings is 1. The SMILES string of the molecule is c1ccc(-c2nc(-n3c4ccccc4c4c5cc6oc7ccccc7c6cc5ccc43)nc3ccccc23)cc1. The van der Waals surface area contributed by atoms with E-state index in [1.807, 2.05) is 30.3 Å². The van der Waals surface area contributed by atoms with Crippen molar-refractivity contribution in [2.75, 3.05) is 0 Å². The number of aromatic nitrogens is 3. The van der Waals surface area contributed by atoms with Crippen molar-refractivity contribution in [2.45, 2.75) is 0 Å². The first kappa shape index (κ1) is 21.5. The fourth-order valence-corrected chi connectivity index (χ4v) is 6.21. The van der Waals surface area contributed by atoms with E-state index in [1.165, 1.54) is 10.8 Å². The maximum Gasteiger partial charge on any atom is 0.235 e. The van der Waals surface area contributed by atoms with Crippen LogP contribution >= 0.6 is 0 Å². The Morgan fingerprint density at radius 2 is 1.25 bits per heavy atom. The molecule has 0 amide bonds. The molecular formula is C36H21N3O. The smallest absolute Gasteiger partial charge is 0.235 e. The van der Waals surface area contributed by atoms with Gasteiger partial charge in [0, 0.05) is 32.5 Å². The Morgan fingerprint density at radius 1 is 0.500 bits per heavy atom. The Morgan fingerprint density at radius 3 is 2.15 bits per heavy atom. The van der Waals surface area contributed by atoms with Crippen molar-refractivity contribution in [1.82, 2.24) is 14.5 Å². The van der Waals surface area contributed by atoms with Gasteiger partial charge in [-0.05, 0) is 47.2 Å². The van der Waals surface area contributed by atoms with Crippen molar-refractivity contribution in [1.29, 1.82) is 0 Å². The monoisotopic (exact) mass is 511 g/mol. The molecule has 0 spiro atoms. The number of nitrogens with zero attached hydrogens (tertiary/aromatic N) is 3. The molecule has 3 heterocycles. The second kappa shape index (κ2) is 8.01. The van der Waals surface area contributed by atoms with Gasteiger partial charge in [0.2, 0.25) is 5.95 Å².